The Bertz CT molecular complexity index is 555. The number of hydrogen-bond acceptors (Lipinski definition) is 3. The molecule has 0 saturated heterocycles. The molecular weight excluding hydrogens is 240 g/mol. The van der Waals surface area contributed by atoms with Crippen LogP contribution < -0.4 is 10.5 Å². The van der Waals surface area contributed by atoms with Gasteiger partial charge in [-0.1, -0.05) is 24.3 Å². The van der Waals surface area contributed by atoms with Gasteiger partial charge < -0.3 is 10.5 Å². The number of ether oxygens (including phenoxy) is 1. The van der Waals surface area contributed by atoms with Gasteiger partial charge in [0.15, 0.2) is 0 Å². The summed E-state index contributed by atoms with van der Waals surface area (Å²) in [6.07, 6.45) is 2.14. The maximum atomic E-state index is 11.6. The summed E-state index contributed by atoms with van der Waals surface area (Å²) >= 11 is 0. The molecule has 19 heavy (non-hydrogen) atoms. The largest absolute Gasteiger partial charge is 0.496 e. The van der Waals surface area contributed by atoms with E-state index in [0.29, 0.717) is 12.1 Å². The summed E-state index contributed by atoms with van der Waals surface area (Å²) in [6.45, 7) is 0. The number of primary amides is 1. The van der Waals surface area contributed by atoms with E-state index in [4.69, 9.17) is 10.5 Å². The Morgan fingerprint density at radius 2 is 2.00 bits per heavy atom. The summed E-state index contributed by atoms with van der Waals surface area (Å²) in [5.74, 6) is -0.0770. The van der Waals surface area contributed by atoms with Crippen LogP contribution >= 0.6 is 0 Å². The number of para-hydroxylation sites is 1. The Kier molecular flexibility index (Phi) is 4.13. The van der Waals surface area contributed by atoms with E-state index in [0.717, 1.165) is 11.3 Å². The second-order valence-corrected chi connectivity index (χ2v) is 4.23. The van der Waals surface area contributed by atoms with Crippen molar-refractivity contribution in [3.63, 3.8) is 0 Å². The van der Waals surface area contributed by atoms with Gasteiger partial charge in [-0.25, -0.2) is 0 Å². The molecule has 4 heteroatoms. The fourth-order valence-electron chi connectivity index (χ4n) is 2.02. The minimum absolute atomic E-state index is 0.385. The first-order valence-electron chi connectivity index (χ1n) is 6.04. The van der Waals surface area contributed by atoms with Gasteiger partial charge in [0, 0.05) is 6.20 Å². The Labute approximate surface area is 112 Å². The van der Waals surface area contributed by atoms with Crippen LogP contribution in [0.2, 0.25) is 0 Å². The normalized spacial score (nSPS) is 11.8. The average molecular weight is 256 g/mol. The molecule has 0 aliphatic heterocycles. The molecule has 4 nitrogen and oxygen atoms in total. The summed E-state index contributed by atoms with van der Waals surface area (Å²) in [7, 11) is 1.61. The predicted molar refractivity (Wildman–Crippen MR) is 72.9 cm³/mol. The van der Waals surface area contributed by atoms with Crippen molar-refractivity contribution in [3.8, 4) is 5.75 Å². The highest BCUT2D eigenvalue weighted by atomic mass is 16.5. The third-order valence-electron chi connectivity index (χ3n) is 3.00. The number of rotatable bonds is 5. The van der Waals surface area contributed by atoms with Crippen LogP contribution in [0.15, 0.2) is 48.7 Å². The molecule has 98 valence electrons. The molecule has 1 atom stereocenters. The number of hydrogen-bond donors (Lipinski definition) is 1. The zero-order valence-corrected chi connectivity index (χ0v) is 10.7. The molecule has 2 aromatic rings. The van der Waals surface area contributed by atoms with E-state index in [1.54, 1.807) is 13.3 Å². The lowest BCUT2D eigenvalue weighted by molar-refractivity contribution is -0.119. The molecule has 0 spiro atoms. The summed E-state index contributed by atoms with van der Waals surface area (Å²) in [6, 6.07) is 13.1. The molecular formula is C15H16N2O2. The predicted octanol–water partition coefficient (Wildman–Crippen LogP) is 1.90. The summed E-state index contributed by atoms with van der Waals surface area (Å²) in [4.78, 5) is 15.9. The van der Waals surface area contributed by atoms with Crippen molar-refractivity contribution in [1.29, 1.82) is 0 Å². The fraction of sp³-hybridized carbons (Fsp3) is 0.200. The maximum absolute atomic E-state index is 11.6. The van der Waals surface area contributed by atoms with E-state index in [1.807, 2.05) is 42.5 Å². The van der Waals surface area contributed by atoms with E-state index >= 15 is 0 Å². The van der Waals surface area contributed by atoms with Crippen molar-refractivity contribution in [3.05, 3.63) is 59.9 Å². The summed E-state index contributed by atoms with van der Waals surface area (Å²) in [5.41, 5.74) is 7.11. The molecule has 0 radical (unpaired) electrons. The van der Waals surface area contributed by atoms with Gasteiger partial charge in [0.05, 0.1) is 18.7 Å². The summed E-state index contributed by atoms with van der Waals surface area (Å²) in [5, 5.41) is 0. The van der Waals surface area contributed by atoms with Gasteiger partial charge in [0.25, 0.3) is 0 Å². The molecule has 1 heterocycles. The molecule has 0 saturated carbocycles. The highest BCUT2D eigenvalue weighted by Crippen LogP contribution is 2.25. The molecule has 1 unspecified atom stereocenters. The van der Waals surface area contributed by atoms with Crippen LogP contribution in [0.1, 0.15) is 17.2 Å². The molecule has 1 aromatic heterocycles. The van der Waals surface area contributed by atoms with Crippen LogP contribution in [0, 0.1) is 0 Å². The third-order valence-corrected chi connectivity index (χ3v) is 3.00. The van der Waals surface area contributed by atoms with E-state index < -0.39 is 5.92 Å². The Morgan fingerprint density at radius 1 is 1.26 bits per heavy atom. The number of nitrogens with two attached hydrogens (primary N) is 1. The first-order valence-corrected chi connectivity index (χ1v) is 6.04. The van der Waals surface area contributed by atoms with Gasteiger partial charge in [-0.3, -0.25) is 9.78 Å². The second-order valence-electron chi connectivity index (χ2n) is 4.23. The molecule has 0 aliphatic carbocycles. The molecule has 1 aromatic carbocycles. The SMILES string of the molecule is COc1ccccc1CC(C(N)=O)c1ccccn1. The first-order chi connectivity index (χ1) is 9.22. The lowest BCUT2D eigenvalue weighted by Gasteiger charge is -2.15. The molecule has 0 aliphatic rings. The van der Waals surface area contributed by atoms with Crippen LogP contribution in [0.4, 0.5) is 0 Å². The van der Waals surface area contributed by atoms with Crippen LogP contribution in [0.25, 0.3) is 0 Å². The molecule has 2 rings (SSSR count). The van der Waals surface area contributed by atoms with Crippen LogP contribution in [0.3, 0.4) is 0 Å². The van der Waals surface area contributed by atoms with Gasteiger partial charge in [0.1, 0.15) is 5.75 Å². The number of pyridine rings is 1. The zero-order chi connectivity index (χ0) is 13.7. The number of carbonyl (C=O) groups is 1. The number of benzene rings is 1. The Balaban J connectivity index is 2.30. The van der Waals surface area contributed by atoms with E-state index in [9.17, 15) is 4.79 Å². The van der Waals surface area contributed by atoms with Crippen molar-refractivity contribution in [1.82, 2.24) is 4.98 Å². The monoisotopic (exact) mass is 256 g/mol. The van der Waals surface area contributed by atoms with Crippen LogP contribution in [-0.2, 0) is 11.2 Å². The van der Waals surface area contributed by atoms with Crippen LogP contribution in [0.5, 0.6) is 5.75 Å². The molecule has 2 N–H and O–H groups in total. The molecule has 0 bridgehead atoms. The Hall–Kier alpha value is -2.36. The van der Waals surface area contributed by atoms with E-state index in [-0.39, 0.29) is 5.91 Å². The number of amides is 1. The van der Waals surface area contributed by atoms with E-state index in [1.165, 1.54) is 0 Å². The molecule has 1 amide bonds. The number of methoxy groups -OCH3 is 1. The highest BCUT2D eigenvalue weighted by Gasteiger charge is 2.21. The fourth-order valence-corrected chi connectivity index (χ4v) is 2.02. The van der Waals surface area contributed by atoms with Crippen molar-refractivity contribution in [2.45, 2.75) is 12.3 Å². The third kappa shape index (κ3) is 3.10. The topological polar surface area (TPSA) is 65.2 Å². The number of carbonyl (C=O) groups excluding carboxylic acids is 1. The zero-order valence-electron chi connectivity index (χ0n) is 10.7. The summed E-state index contributed by atoms with van der Waals surface area (Å²) < 4.78 is 5.29. The van der Waals surface area contributed by atoms with Gasteiger partial charge in [-0.2, -0.15) is 0 Å². The lowest BCUT2D eigenvalue weighted by Crippen LogP contribution is -2.24. The quantitative estimate of drug-likeness (QED) is 0.888. The Morgan fingerprint density at radius 3 is 2.63 bits per heavy atom. The minimum Gasteiger partial charge on any atom is -0.496 e. The molecule has 0 fully saturated rings. The maximum Gasteiger partial charge on any atom is 0.226 e. The van der Waals surface area contributed by atoms with Crippen molar-refractivity contribution in [2.75, 3.05) is 7.11 Å². The number of nitrogens with zero attached hydrogens (tertiary/aromatic N) is 1. The van der Waals surface area contributed by atoms with Gasteiger partial charge in [0.2, 0.25) is 5.91 Å². The van der Waals surface area contributed by atoms with Gasteiger partial charge in [-0.15, -0.1) is 0 Å². The van der Waals surface area contributed by atoms with Crippen molar-refractivity contribution >= 4 is 5.91 Å². The van der Waals surface area contributed by atoms with Gasteiger partial charge >= 0.3 is 0 Å². The van der Waals surface area contributed by atoms with Crippen molar-refractivity contribution < 1.29 is 9.53 Å². The first kappa shape index (κ1) is 13.1. The number of aromatic nitrogens is 1. The second kappa shape index (κ2) is 6.00. The highest BCUT2D eigenvalue weighted by molar-refractivity contribution is 5.81. The minimum atomic E-state index is -0.447. The van der Waals surface area contributed by atoms with Gasteiger partial charge in [-0.05, 0) is 30.2 Å². The van der Waals surface area contributed by atoms with Crippen molar-refractivity contribution in [2.24, 2.45) is 5.73 Å². The lowest BCUT2D eigenvalue weighted by atomic mass is 9.94. The van der Waals surface area contributed by atoms with E-state index in [2.05, 4.69) is 4.98 Å². The standard InChI is InChI=1S/C15H16N2O2/c1-19-14-8-3-2-6-11(14)10-12(15(16)18)13-7-4-5-9-17-13/h2-9,12H,10H2,1H3,(H2,16,18). The average Bonchev–Trinajstić information content (AvgIpc) is 2.45. The van der Waals surface area contributed by atoms with Crippen LogP contribution in [-0.4, -0.2) is 18.0 Å². The smallest absolute Gasteiger partial charge is 0.226 e.